The van der Waals surface area contributed by atoms with Crippen LogP contribution in [0, 0.1) is 0 Å². The van der Waals surface area contributed by atoms with Gasteiger partial charge in [0, 0.05) is 17.0 Å². The fourth-order valence-corrected chi connectivity index (χ4v) is 4.50. The zero-order valence-electron chi connectivity index (χ0n) is 15.4. The maximum Gasteiger partial charge on any atom is 0.387 e. The van der Waals surface area contributed by atoms with Gasteiger partial charge in [-0.25, -0.2) is 4.79 Å². The molecule has 0 atom stereocenters. The molecule has 3 nitrogen and oxygen atoms in total. The maximum atomic E-state index is 13.5. The number of carbonyl (C=O) groups excluding carboxylic acids is 1. The van der Waals surface area contributed by atoms with Crippen molar-refractivity contribution < 1.29 is 26.3 Å². The molecule has 0 aliphatic carbocycles. The van der Waals surface area contributed by atoms with Crippen LogP contribution in [0.2, 0.25) is 0 Å². The summed E-state index contributed by atoms with van der Waals surface area (Å²) in [5.41, 5.74) is 4.65. The Morgan fingerprint density at radius 3 is 2.03 bits per heavy atom. The highest BCUT2D eigenvalue weighted by atomic mass is 79.9. The van der Waals surface area contributed by atoms with Crippen molar-refractivity contribution in [3.8, 4) is 11.3 Å². The smallest absolute Gasteiger partial charge is 0.387 e. The highest BCUT2D eigenvalue weighted by molar-refractivity contribution is 7.14. The number of amides is 1. The SMILES string of the molecule is O=C1/C(=C\c2ccccc2)[n+]2c(-c3ccccc3)csc2N1c1ccccc1.[Br-]. The zero-order valence-corrected chi connectivity index (χ0v) is 17.8. The van der Waals surface area contributed by atoms with Crippen molar-refractivity contribution in [2.24, 2.45) is 0 Å². The van der Waals surface area contributed by atoms with Crippen molar-refractivity contribution in [3.63, 3.8) is 0 Å². The largest absolute Gasteiger partial charge is 1.00 e. The van der Waals surface area contributed by atoms with Crippen LogP contribution in [0.3, 0.4) is 0 Å². The lowest BCUT2D eigenvalue weighted by molar-refractivity contribution is -0.539. The summed E-state index contributed by atoms with van der Waals surface area (Å²) in [5, 5.41) is 3.02. The molecule has 0 bridgehead atoms. The van der Waals surface area contributed by atoms with Gasteiger partial charge in [0.1, 0.15) is 5.69 Å². The second-order valence-electron chi connectivity index (χ2n) is 6.52. The Morgan fingerprint density at radius 2 is 1.38 bits per heavy atom. The van der Waals surface area contributed by atoms with E-state index in [1.54, 1.807) is 16.2 Å². The molecule has 3 aromatic carbocycles. The molecule has 0 radical (unpaired) electrons. The van der Waals surface area contributed by atoms with Gasteiger partial charge in [0.25, 0.3) is 0 Å². The number of fused-ring (bicyclic) bond motifs is 1. The third kappa shape index (κ3) is 3.43. The number of para-hydroxylation sites is 1. The van der Waals surface area contributed by atoms with E-state index in [1.165, 1.54) is 0 Å². The molecule has 0 spiro atoms. The Kier molecular flexibility index (Phi) is 5.43. The van der Waals surface area contributed by atoms with Crippen LogP contribution in [-0.2, 0) is 4.79 Å². The maximum absolute atomic E-state index is 13.5. The Hall–Kier alpha value is -3.02. The van der Waals surface area contributed by atoms with Crippen molar-refractivity contribution >= 4 is 39.8 Å². The number of nitrogens with zero attached hydrogens (tertiary/aromatic N) is 2. The van der Waals surface area contributed by atoms with Gasteiger partial charge in [-0.3, -0.25) is 0 Å². The van der Waals surface area contributed by atoms with Crippen LogP contribution in [0.5, 0.6) is 0 Å². The summed E-state index contributed by atoms with van der Waals surface area (Å²) in [4.78, 5) is 15.3. The molecule has 5 heteroatoms. The number of anilines is 2. The van der Waals surface area contributed by atoms with Gasteiger partial charge in [-0.1, -0.05) is 90.2 Å². The molecule has 1 amide bonds. The number of aromatic nitrogens is 1. The summed E-state index contributed by atoms with van der Waals surface area (Å²) >= 11 is 1.58. The molecule has 0 unspecified atom stereocenters. The Morgan fingerprint density at radius 1 is 0.793 bits per heavy atom. The van der Waals surface area contributed by atoms with E-state index in [9.17, 15) is 4.79 Å². The van der Waals surface area contributed by atoms with E-state index in [4.69, 9.17) is 0 Å². The minimum Gasteiger partial charge on any atom is -1.00 e. The molecule has 0 N–H and O–H groups in total. The lowest BCUT2D eigenvalue weighted by Gasteiger charge is -2.04. The Labute approximate surface area is 184 Å². The Bertz CT molecular complexity index is 1170. The fourth-order valence-electron chi connectivity index (χ4n) is 3.44. The van der Waals surface area contributed by atoms with Gasteiger partial charge in [-0.2, -0.15) is 4.57 Å². The van der Waals surface area contributed by atoms with Gasteiger partial charge < -0.3 is 17.0 Å². The summed E-state index contributed by atoms with van der Waals surface area (Å²) in [5.74, 6) is -0.0147. The predicted octanol–water partition coefficient (Wildman–Crippen LogP) is 2.38. The van der Waals surface area contributed by atoms with Crippen LogP contribution >= 0.6 is 11.3 Å². The summed E-state index contributed by atoms with van der Waals surface area (Å²) in [7, 11) is 0. The van der Waals surface area contributed by atoms with E-state index in [2.05, 4.69) is 22.1 Å². The first-order chi connectivity index (χ1) is 13.8. The number of hydrogen-bond acceptors (Lipinski definition) is 2. The third-order valence-corrected chi connectivity index (χ3v) is 5.67. The van der Waals surface area contributed by atoms with Crippen LogP contribution in [0.25, 0.3) is 23.0 Å². The monoisotopic (exact) mass is 460 g/mol. The average Bonchev–Trinajstić information content (AvgIpc) is 3.29. The van der Waals surface area contributed by atoms with Gasteiger partial charge in [0.05, 0.1) is 0 Å². The molecule has 0 fully saturated rings. The molecular weight excluding hydrogens is 444 g/mol. The highest BCUT2D eigenvalue weighted by Gasteiger charge is 2.46. The van der Waals surface area contributed by atoms with Crippen molar-refractivity contribution in [3.05, 3.63) is 102 Å². The van der Waals surface area contributed by atoms with Crippen LogP contribution in [-0.4, -0.2) is 5.91 Å². The number of carbonyl (C=O) groups is 1. The van der Waals surface area contributed by atoms with E-state index in [0.29, 0.717) is 5.70 Å². The highest BCUT2D eigenvalue weighted by Crippen LogP contribution is 2.38. The second kappa shape index (κ2) is 8.15. The third-order valence-electron chi connectivity index (χ3n) is 4.75. The minimum atomic E-state index is -0.0147. The first kappa shape index (κ1) is 19.3. The van der Waals surface area contributed by atoms with Crippen molar-refractivity contribution in [1.29, 1.82) is 0 Å². The summed E-state index contributed by atoms with van der Waals surface area (Å²) in [6.07, 6.45) is 1.97. The number of benzene rings is 3. The molecular formula is C24H17BrN2OS. The van der Waals surface area contributed by atoms with E-state index in [1.807, 2.05) is 84.9 Å². The first-order valence-electron chi connectivity index (χ1n) is 9.08. The standard InChI is InChI=1S/C24H17N2OS.BrH/c27-23-21(16-18-10-4-1-5-11-18)26-22(19-12-6-2-7-13-19)17-28-24(26)25(23)20-14-8-3-9-15-20;/h1-17H;1H/q+1;/p-1/b21-16+;. The predicted molar refractivity (Wildman–Crippen MR) is 114 cm³/mol. The van der Waals surface area contributed by atoms with Gasteiger partial charge in [0.2, 0.25) is 5.70 Å². The molecule has 142 valence electrons. The molecule has 29 heavy (non-hydrogen) atoms. The lowest BCUT2D eigenvalue weighted by Crippen LogP contribution is -3.00. The number of halogens is 1. The quantitative estimate of drug-likeness (QED) is 0.340. The second-order valence-corrected chi connectivity index (χ2v) is 7.36. The van der Waals surface area contributed by atoms with Gasteiger partial charge in [0.15, 0.2) is 5.69 Å². The van der Waals surface area contributed by atoms with Crippen molar-refractivity contribution in [2.45, 2.75) is 0 Å². The molecule has 0 saturated carbocycles. The minimum absolute atomic E-state index is 0. The van der Waals surface area contributed by atoms with Crippen LogP contribution < -0.4 is 26.4 Å². The fraction of sp³-hybridized carbons (Fsp3) is 0. The van der Waals surface area contributed by atoms with E-state index >= 15 is 0 Å². The zero-order chi connectivity index (χ0) is 18.9. The summed E-state index contributed by atoms with van der Waals surface area (Å²) in [6.45, 7) is 0. The first-order valence-corrected chi connectivity index (χ1v) is 9.96. The molecule has 1 aliphatic rings. The molecule has 4 aromatic rings. The van der Waals surface area contributed by atoms with Crippen LogP contribution in [0.4, 0.5) is 10.8 Å². The Balaban J connectivity index is 0.00000205. The number of thiazole rings is 1. The summed E-state index contributed by atoms with van der Waals surface area (Å²) in [6, 6.07) is 30.0. The van der Waals surface area contributed by atoms with Crippen LogP contribution in [0.15, 0.2) is 96.4 Å². The van der Waals surface area contributed by atoms with Crippen molar-refractivity contribution in [2.75, 3.05) is 4.90 Å². The molecule has 2 heterocycles. The van der Waals surface area contributed by atoms with E-state index in [-0.39, 0.29) is 22.9 Å². The molecule has 1 aromatic heterocycles. The average molecular weight is 461 g/mol. The number of rotatable bonds is 3. The van der Waals surface area contributed by atoms with Gasteiger partial charge in [-0.15, -0.1) is 4.90 Å². The van der Waals surface area contributed by atoms with Crippen molar-refractivity contribution in [1.82, 2.24) is 0 Å². The normalized spacial score (nSPS) is 14.0. The lowest BCUT2D eigenvalue weighted by atomic mass is 10.1. The molecule has 0 saturated heterocycles. The van der Waals surface area contributed by atoms with E-state index in [0.717, 1.165) is 27.6 Å². The molecule has 1 aliphatic heterocycles. The molecule has 5 rings (SSSR count). The van der Waals surface area contributed by atoms with Gasteiger partial charge >= 0.3 is 11.0 Å². The van der Waals surface area contributed by atoms with Crippen LogP contribution in [0.1, 0.15) is 5.56 Å². The summed E-state index contributed by atoms with van der Waals surface area (Å²) < 4.78 is 2.07. The van der Waals surface area contributed by atoms with Gasteiger partial charge in [-0.05, 0) is 17.7 Å². The number of hydrogen-bond donors (Lipinski definition) is 0. The topological polar surface area (TPSA) is 24.2 Å². The van der Waals surface area contributed by atoms with E-state index < -0.39 is 0 Å².